The average molecular weight is 262 g/mol. The first kappa shape index (κ1) is 12.9. The van der Waals surface area contributed by atoms with Crippen LogP contribution in [-0.2, 0) is 0 Å². The Bertz CT molecular complexity index is 405. The Balaban J connectivity index is 1.74. The van der Waals surface area contributed by atoms with Crippen molar-refractivity contribution < 1.29 is 4.39 Å². The molecular formula is C16H23FN2. The summed E-state index contributed by atoms with van der Waals surface area (Å²) in [5, 5.41) is 0. The van der Waals surface area contributed by atoms with Crippen molar-refractivity contribution in [3.8, 4) is 0 Å². The second-order valence-corrected chi connectivity index (χ2v) is 6.14. The van der Waals surface area contributed by atoms with Gasteiger partial charge in [0, 0.05) is 24.3 Å². The Morgan fingerprint density at radius 2 is 1.63 bits per heavy atom. The van der Waals surface area contributed by atoms with Crippen LogP contribution in [0.2, 0.25) is 0 Å². The first-order chi connectivity index (χ1) is 9.22. The quantitative estimate of drug-likeness (QED) is 0.902. The molecule has 2 saturated carbocycles. The summed E-state index contributed by atoms with van der Waals surface area (Å²) in [6.07, 6.45) is 7.28. The van der Waals surface area contributed by atoms with E-state index in [0.29, 0.717) is 12.1 Å². The highest BCUT2D eigenvalue weighted by Crippen LogP contribution is 2.35. The highest BCUT2D eigenvalue weighted by Gasteiger charge is 2.30. The third-order valence-corrected chi connectivity index (χ3v) is 4.49. The van der Waals surface area contributed by atoms with E-state index in [2.05, 4.69) is 4.90 Å². The molecule has 19 heavy (non-hydrogen) atoms. The molecule has 0 heterocycles. The van der Waals surface area contributed by atoms with E-state index in [1.807, 2.05) is 12.1 Å². The van der Waals surface area contributed by atoms with E-state index in [4.69, 9.17) is 5.73 Å². The van der Waals surface area contributed by atoms with Gasteiger partial charge >= 0.3 is 0 Å². The van der Waals surface area contributed by atoms with Crippen molar-refractivity contribution in [1.82, 2.24) is 0 Å². The number of benzene rings is 1. The van der Waals surface area contributed by atoms with Crippen LogP contribution in [0, 0.1) is 11.7 Å². The molecule has 2 nitrogen and oxygen atoms in total. The molecule has 0 atom stereocenters. The molecule has 3 heteroatoms. The topological polar surface area (TPSA) is 29.3 Å². The number of nitrogens with two attached hydrogens (primary N) is 1. The van der Waals surface area contributed by atoms with Crippen LogP contribution >= 0.6 is 0 Å². The number of hydrogen-bond acceptors (Lipinski definition) is 2. The maximum atomic E-state index is 13.1. The van der Waals surface area contributed by atoms with E-state index >= 15 is 0 Å². The second kappa shape index (κ2) is 5.49. The standard InChI is InChI=1S/C16H23FN2/c17-13-3-7-15(8-4-13)19(11-12-1-2-12)16-9-5-14(18)6-10-16/h3-4,7-8,12,14,16H,1-2,5-6,9-11,18H2/t14-,16-. The minimum Gasteiger partial charge on any atom is -0.368 e. The van der Waals surface area contributed by atoms with Gasteiger partial charge in [-0.2, -0.15) is 0 Å². The smallest absolute Gasteiger partial charge is 0.123 e. The molecule has 0 spiro atoms. The second-order valence-electron chi connectivity index (χ2n) is 6.14. The Morgan fingerprint density at radius 3 is 2.21 bits per heavy atom. The zero-order valence-corrected chi connectivity index (χ0v) is 11.4. The van der Waals surface area contributed by atoms with E-state index in [-0.39, 0.29) is 5.82 Å². The van der Waals surface area contributed by atoms with Crippen LogP contribution in [0.4, 0.5) is 10.1 Å². The molecule has 0 bridgehead atoms. The average Bonchev–Trinajstić information content (AvgIpc) is 3.22. The van der Waals surface area contributed by atoms with Crippen LogP contribution in [0.25, 0.3) is 0 Å². The van der Waals surface area contributed by atoms with Gasteiger partial charge in [0.25, 0.3) is 0 Å². The lowest BCUT2D eigenvalue weighted by Gasteiger charge is -2.38. The van der Waals surface area contributed by atoms with Gasteiger partial charge in [0.2, 0.25) is 0 Å². The zero-order chi connectivity index (χ0) is 13.2. The first-order valence-corrected chi connectivity index (χ1v) is 7.50. The summed E-state index contributed by atoms with van der Waals surface area (Å²) < 4.78 is 13.1. The number of nitrogens with zero attached hydrogens (tertiary/aromatic N) is 1. The number of halogens is 1. The predicted octanol–water partition coefficient (Wildman–Crippen LogP) is 3.31. The fourth-order valence-corrected chi connectivity index (χ4v) is 3.09. The van der Waals surface area contributed by atoms with Crippen molar-refractivity contribution in [3.05, 3.63) is 30.1 Å². The maximum Gasteiger partial charge on any atom is 0.123 e. The van der Waals surface area contributed by atoms with Gasteiger partial charge in [-0.05, 0) is 68.7 Å². The van der Waals surface area contributed by atoms with Crippen LogP contribution in [0.3, 0.4) is 0 Å². The van der Waals surface area contributed by atoms with Crippen molar-refractivity contribution in [2.24, 2.45) is 11.7 Å². The lowest BCUT2D eigenvalue weighted by atomic mass is 9.90. The summed E-state index contributed by atoms with van der Waals surface area (Å²) in [6.45, 7) is 1.13. The molecular weight excluding hydrogens is 239 g/mol. The minimum atomic E-state index is -0.152. The third kappa shape index (κ3) is 3.27. The van der Waals surface area contributed by atoms with Gasteiger partial charge in [0.05, 0.1) is 0 Å². The molecule has 104 valence electrons. The lowest BCUT2D eigenvalue weighted by molar-refractivity contribution is 0.373. The Morgan fingerprint density at radius 1 is 1.00 bits per heavy atom. The molecule has 2 N–H and O–H groups in total. The van der Waals surface area contributed by atoms with Crippen molar-refractivity contribution in [2.75, 3.05) is 11.4 Å². The molecule has 0 aliphatic heterocycles. The van der Waals surface area contributed by atoms with Crippen molar-refractivity contribution in [3.63, 3.8) is 0 Å². The van der Waals surface area contributed by atoms with Gasteiger partial charge in [-0.25, -0.2) is 4.39 Å². The molecule has 0 amide bonds. The molecule has 2 fully saturated rings. The third-order valence-electron chi connectivity index (χ3n) is 4.49. The van der Waals surface area contributed by atoms with Gasteiger partial charge in [-0.15, -0.1) is 0 Å². The molecule has 1 aromatic carbocycles. The summed E-state index contributed by atoms with van der Waals surface area (Å²) in [4.78, 5) is 2.50. The van der Waals surface area contributed by atoms with Gasteiger partial charge in [0.15, 0.2) is 0 Å². The van der Waals surface area contributed by atoms with Gasteiger partial charge < -0.3 is 10.6 Å². The molecule has 0 saturated heterocycles. The van der Waals surface area contributed by atoms with E-state index in [0.717, 1.165) is 25.3 Å². The van der Waals surface area contributed by atoms with Crippen LogP contribution in [-0.4, -0.2) is 18.6 Å². The monoisotopic (exact) mass is 262 g/mol. The molecule has 0 aromatic heterocycles. The summed E-state index contributed by atoms with van der Waals surface area (Å²) in [7, 11) is 0. The Labute approximate surface area is 114 Å². The highest BCUT2D eigenvalue weighted by molar-refractivity contribution is 5.47. The maximum absolute atomic E-state index is 13.1. The summed E-state index contributed by atoms with van der Waals surface area (Å²) >= 11 is 0. The van der Waals surface area contributed by atoms with Crippen molar-refractivity contribution in [2.45, 2.75) is 50.6 Å². The normalized spacial score (nSPS) is 27.3. The molecule has 0 unspecified atom stereocenters. The van der Waals surface area contributed by atoms with Gasteiger partial charge in [-0.3, -0.25) is 0 Å². The van der Waals surface area contributed by atoms with Crippen LogP contribution in [0.15, 0.2) is 24.3 Å². The first-order valence-electron chi connectivity index (χ1n) is 7.50. The van der Waals surface area contributed by atoms with E-state index < -0.39 is 0 Å². The summed E-state index contributed by atoms with van der Waals surface area (Å²) in [5.74, 6) is 0.696. The van der Waals surface area contributed by atoms with Crippen LogP contribution < -0.4 is 10.6 Å². The predicted molar refractivity (Wildman–Crippen MR) is 76.7 cm³/mol. The summed E-state index contributed by atoms with van der Waals surface area (Å²) in [5.41, 5.74) is 7.18. The Kier molecular flexibility index (Phi) is 3.74. The number of hydrogen-bond donors (Lipinski definition) is 1. The Hall–Kier alpha value is -1.09. The van der Waals surface area contributed by atoms with Crippen molar-refractivity contribution in [1.29, 1.82) is 0 Å². The molecule has 3 rings (SSSR count). The van der Waals surface area contributed by atoms with E-state index in [1.54, 1.807) is 12.1 Å². The van der Waals surface area contributed by atoms with Crippen LogP contribution in [0.5, 0.6) is 0 Å². The van der Waals surface area contributed by atoms with Crippen molar-refractivity contribution >= 4 is 5.69 Å². The zero-order valence-electron chi connectivity index (χ0n) is 11.4. The van der Waals surface area contributed by atoms with Gasteiger partial charge in [0.1, 0.15) is 5.82 Å². The highest BCUT2D eigenvalue weighted by atomic mass is 19.1. The van der Waals surface area contributed by atoms with E-state index in [1.165, 1.54) is 31.4 Å². The fraction of sp³-hybridized carbons (Fsp3) is 0.625. The van der Waals surface area contributed by atoms with Crippen LogP contribution in [0.1, 0.15) is 38.5 Å². The number of anilines is 1. The minimum absolute atomic E-state index is 0.152. The van der Waals surface area contributed by atoms with E-state index in [9.17, 15) is 4.39 Å². The molecule has 2 aliphatic carbocycles. The molecule has 1 aromatic rings. The van der Waals surface area contributed by atoms with Gasteiger partial charge in [-0.1, -0.05) is 0 Å². The fourth-order valence-electron chi connectivity index (χ4n) is 3.09. The lowest BCUT2D eigenvalue weighted by Crippen LogP contribution is -2.42. The summed E-state index contributed by atoms with van der Waals surface area (Å²) in [6, 6.07) is 7.96. The molecule has 0 radical (unpaired) electrons. The largest absolute Gasteiger partial charge is 0.368 e. The molecule has 2 aliphatic rings. The SMILES string of the molecule is N[C@H]1CC[C@H](N(CC2CC2)c2ccc(F)cc2)CC1. The number of rotatable bonds is 4.